The van der Waals surface area contributed by atoms with E-state index in [-0.39, 0.29) is 0 Å². The lowest BCUT2D eigenvalue weighted by atomic mass is 10.0. The monoisotopic (exact) mass is 191 g/mol. The summed E-state index contributed by atoms with van der Waals surface area (Å²) >= 11 is 0. The van der Waals surface area contributed by atoms with Crippen LogP contribution in [0, 0.1) is 0 Å². The highest BCUT2D eigenvalue weighted by Gasteiger charge is 2.12. The summed E-state index contributed by atoms with van der Waals surface area (Å²) in [4.78, 5) is 0. The van der Waals surface area contributed by atoms with Gasteiger partial charge >= 0.3 is 0 Å². The lowest BCUT2D eigenvalue weighted by molar-refractivity contribution is 0.357. The van der Waals surface area contributed by atoms with Crippen molar-refractivity contribution in [3.8, 4) is 5.75 Å². The van der Waals surface area contributed by atoms with Crippen LogP contribution in [0.2, 0.25) is 0 Å². The molecule has 2 nitrogen and oxygen atoms in total. The SMILES string of the molecule is CN[C@@H](C)Cc1ccc2c(c1)CCO2. The third-order valence-corrected chi connectivity index (χ3v) is 2.79. The van der Waals surface area contributed by atoms with Crippen molar-refractivity contribution in [3.05, 3.63) is 29.3 Å². The molecule has 1 aliphatic rings. The molecule has 76 valence electrons. The van der Waals surface area contributed by atoms with Gasteiger partial charge in [0.25, 0.3) is 0 Å². The minimum Gasteiger partial charge on any atom is -0.493 e. The molecule has 0 radical (unpaired) electrons. The molecular formula is C12H17NO. The van der Waals surface area contributed by atoms with E-state index in [2.05, 4.69) is 30.4 Å². The molecule has 0 fully saturated rings. The first-order valence-corrected chi connectivity index (χ1v) is 5.21. The van der Waals surface area contributed by atoms with E-state index >= 15 is 0 Å². The zero-order chi connectivity index (χ0) is 9.97. The topological polar surface area (TPSA) is 21.3 Å². The van der Waals surface area contributed by atoms with Crippen LogP contribution in [0.4, 0.5) is 0 Å². The molecule has 1 atom stereocenters. The summed E-state index contributed by atoms with van der Waals surface area (Å²) in [6, 6.07) is 7.07. The maximum atomic E-state index is 5.47. The van der Waals surface area contributed by atoms with Crippen molar-refractivity contribution in [2.75, 3.05) is 13.7 Å². The third kappa shape index (κ3) is 1.90. The fourth-order valence-corrected chi connectivity index (χ4v) is 1.82. The van der Waals surface area contributed by atoms with Gasteiger partial charge in [-0.25, -0.2) is 0 Å². The Hall–Kier alpha value is -1.02. The third-order valence-electron chi connectivity index (χ3n) is 2.79. The van der Waals surface area contributed by atoms with Crippen LogP contribution in [-0.2, 0) is 12.8 Å². The van der Waals surface area contributed by atoms with E-state index in [4.69, 9.17) is 4.74 Å². The highest BCUT2D eigenvalue weighted by atomic mass is 16.5. The molecule has 0 amide bonds. The van der Waals surface area contributed by atoms with Crippen LogP contribution in [0.3, 0.4) is 0 Å². The average Bonchev–Trinajstić information content (AvgIpc) is 2.64. The summed E-state index contributed by atoms with van der Waals surface area (Å²) in [7, 11) is 2.00. The number of ether oxygens (including phenoxy) is 1. The van der Waals surface area contributed by atoms with Crippen molar-refractivity contribution >= 4 is 0 Å². The van der Waals surface area contributed by atoms with Gasteiger partial charge in [-0.3, -0.25) is 0 Å². The van der Waals surface area contributed by atoms with E-state index in [0.717, 1.165) is 25.2 Å². The Morgan fingerprint density at radius 2 is 2.36 bits per heavy atom. The molecule has 1 aromatic carbocycles. The molecule has 1 aliphatic heterocycles. The molecule has 0 unspecified atom stereocenters. The Bertz CT molecular complexity index is 322. The molecule has 0 spiro atoms. The van der Waals surface area contributed by atoms with Crippen LogP contribution in [-0.4, -0.2) is 19.7 Å². The molecule has 1 heterocycles. The molecule has 2 rings (SSSR count). The first-order chi connectivity index (χ1) is 6.79. The summed E-state index contributed by atoms with van der Waals surface area (Å²) in [5.41, 5.74) is 2.77. The second kappa shape index (κ2) is 4.01. The molecule has 1 N–H and O–H groups in total. The number of fused-ring (bicyclic) bond motifs is 1. The molecule has 14 heavy (non-hydrogen) atoms. The molecule has 0 aliphatic carbocycles. The maximum Gasteiger partial charge on any atom is 0.122 e. The summed E-state index contributed by atoms with van der Waals surface area (Å²) in [5, 5.41) is 3.25. The molecule has 0 bridgehead atoms. The second-order valence-corrected chi connectivity index (χ2v) is 3.93. The van der Waals surface area contributed by atoms with Gasteiger partial charge in [-0.05, 0) is 37.6 Å². The summed E-state index contributed by atoms with van der Waals surface area (Å²) in [6.07, 6.45) is 2.15. The van der Waals surface area contributed by atoms with Crippen molar-refractivity contribution < 1.29 is 4.74 Å². The van der Waals surface area contributed by atoms with E-state index in [0.29, 0.717) is 6.04 Å². The average molecular weight is 191 g/mol. The molecule has 0 aromatic heterocycles. The molecular weight excluding hydrogens is 174 g/mol. The highest BCUT2D eigenvalue weighted by Crippen LogP contribution is 2.26. The molecule has 0 saturated heterocycles. The smallest absolute Gasteiger partial charge is 0.122 e. The predicted octanol–water partition coefficient (Wildman–Crippen LogP) is 1.77. The quantitative estimate of drug-likeness (QED) is 0.786. The Kier molecular flexibility index (Phi) is 2.73. The van der Waals surface area contributed by atoms with Gasteiger partial charge in [0.2, 0.25) is 0 Å². The van der Waals surface area contributed by atoms with Crippen molar-refractivity contribution in [1.82, 2.24) is 5.32 Å². The lowest BCUT2D eigenvalue weighted by Crippen LogP contribution is -2.23. The molecule has 2 heteroatoms. The number of hydrogen-bond acceptors (Lipinski definition) is 2. The van der Waals surface area contributed by atoms with Crippen LogP contribution in [0.5, 0.6) is 5.75 Å². The number of rotatable bonds is 3. The van der Waals surface area contributed by atoms with Gasteiger partial charge in [0, 0.05) is 12.5 Å². The van der Waals surface area contributed by atoms with E-state index in [9.17, 15) is 0 Å². The van der Waals surface area contributed by atoms with E-state index < -0.39 is 0 Å². The minimum atomic E-state index is 0.537. The largest absolute Gasteiger partial charge is 0.493 e. The van der Waals surface area contributed by atoms with Crippen molar-refractivity contribution in [3.63, 3.8) is 0 Å². The van der Waals surface area contributed by atoms with Gasteiger partial charge in [-0.1, -0.05) is 12.1 Å². The molecule has 1 aromatic rings. The van der Waals surface area contributed by atoms with Crippen LogP contribution < -0.4 is 10.1 Å². The Balaban J connectivity index is 2.12. The predicted molar refractivity (Wildman–Crippen MR) is 57.9 cm³/mol. The number of benzene rings is 1. The standard InChI is InChI=1S/C12H17NO/c1-9(13-2)7-10-3-4-12-11(8-10)5-6-14-12/h3-4,8-9,13H,5-7H2,1-2H3/t9-/m0/s1. The number of nitrogens with one attached hydrogen (secondary N) is 1. The highest BCUT2D eigenvalue weighted by molar-refractivity contribution is 5.39. The van der Waals surface area contributed by atoms with Gasteiger partial charge < -0.3 is 10.1 Å². The zero-order valence-electron chi connectivity index (χ0n) is 8.84. The summed E-state index contributed by atoms with van der Waals surface area (Å²) < 4.78 is 5.47. The summed E-state index contributed by atoms with van der Waals surface area (Å²) in [5.74, 6) is 1.07. The van der Waals surface area contributed by atoms with Crippen LogP contribution >= 0.6 is 0 Å². The van der Waals surface area contributed by atoms with Crippen LogP contribution in [0.25, 0.3) is 0 Å². The van der Waals surface area contributed by atoms with Gasteiger partial charge in [-0.15, -0.1) is 0 Å². The molecule has 0 saturated carbocycles. The maximum absolute atomic E-state index is 5.47. The Morgan fingerprint density at radius 3 is 3.14 bits per heavy atom. The van der Waals surface area contributed by atoms with Crippen LogP contribution in [0.15, 0.2) is 18.2 Å². The van der Waals surface area contributed by atoms with E-state index in [1.54, 1.807) is 0 Å². The van der Waals surface area contributed by atoms with Gasteiger partial charge in [0.15, 0.2) is 0 Å². The van der Waals surface area contributed by atoms with E-state index in [1.165, 1.54) is 11.1 Å². The fourth-order valence-electron chi connectivity index (χ4n) is 1.82. The second-order valence-electron chi connectivity index (χ2n) is 3.93. The first-order valence-electron chi connectivity index (χ1n) is 5.21. The first kappa shape index (κ1) is 9.53. The Labute approximate surface area is 85.3 Å². The Morgan fingerprint density at radius 1 is 1.50 bits per heavy atom. The fraction of sp³-hybridized carbons (Fsp3) is 0.500. The van der Waals surface area contributed by atoms with Crippen LogP contribution in [0.1, 0.15) is 18.1 Å². The van der Waals surface area contributed by atoms with E-state index in [1.807, 2.05) is 7.05 Å². The van der Waals surface area contributed by atoms with Gasteiger partial charge in [0.1, 0.15) is 5.75 Å². The number of hydrogen-bond donors (Lipinski definition) is 1. The summed E-state index contributed by atoms with van der Waals surface area (Å²) in [6.45, 7) is 3.05. The van der Waals surface area contributed by atoms with Gasteiger partial charge in [-0.2, -0.15) is 0 Å². The minimum absolute atomic E-state index is 0.537. The lowest BCUT2D eigenvalue weighted by Gasteiger charge is -2.10. The van der Waals surface area contributed by atoms with Crippen molar-refractivity contribution in [2.24, 2.45) is 0 Å². The number of likely N-dealkylation sites (N-methyl/N-ethyl adjacent to an activating group) is 1. The normalized spacial score (nSPS) is 16.1. The van der Waals surface area contributed by atoms with Crippen molar-refractivity contribution in [1.29, 1.82) is 0 Å². The zero-order valence-corrected chi connectivity index (χ0v) is 8.84. The van der Waals surface area contributed by atoms with Gasteiger partial charge in [0.05, 0.1) is 6.61 Å². The van der Waals surface area contributed by atoms with Crippen molar-refractivity contribution in [2.45, 2.75) is 25.8 Å².